The van der Waals surface area contributed by atoms with Gasteiger partial charge in [-0.05, 0) is 30.7 Å². The Morgan fingerprint density at radius 1 is 1.16 bits per heavy atom. The van der Waals surface area contributed by atoms with Crippen LogP contribution in [0, 0.1) is 5.41 Å². The number of benzene rings is 1. The van der Waals surface area contributed by atoms with Crippen LogP contribution in [0.25, 0.3) is 0 Å². The summed E-state index contributed by atoms with van der Waals surface area (Å²) in [6.45, 7) is 9.93. The van der Waals surface area contributed by atoms with Crippen molar-refractivity contribution < 1.29 is 4.74 Å². The van der Waals surface area contributed by atoms with Crippen LogP contribution in [0.15, 0.2) is 30.3 Å². The molecule has 2 heteroatoms. The predicted molar refractivity (Wildman–Crippen MR) is 82.3 cm³/mol. The van der Waals surface area contributed by atoms with Gasteiger partial charge in [-0.2, -0.15) is 0 Å². The molecule has 1 aromatic rings. The van der Waals surface area contributed by atoms with E-state index in [1.165, 1.54) is 5.56 Å². The van der Waals surface area contributed by atoms with Crippen LogP contribution in [0.2, 0.25) is 0 Å². The fraction of sp³-hybridized carbons (Fsp3) is 0.647. The fourth-order valence-electron chi connectivity index (χ4n) is 2.29. The molecule has 0 bridgehead atoms. The van der Waals surface area contributed by atoms with Crippen molar-refractivity contribution in [2.75, 3.05) is 13.7 Å². The monoisotopic (exact) mass is 263 g/mol. The number of nitrogens with one attached hydrogen (secondary N) is 1. The maximum Gasteiger partial charge on any atom is 0.0476 e. The largest absolute Gasteiger partial charge is 0.385 e. The molecular formula is C17H29NO. The van der Waals surface area contributed by atoms with Gasteiger partial charge in [-0.1, -0.05) is 51.1 Å². The molecule has 19 heavy (non-hydrogen) atoms. The van der Waals surface area contributed by atoms with E-state index in [0.29, 0.717) is 17.5 Å². The summed E-state index contributed by atoms with van der Waals surface area (Å²) in [5, 5.41) is 3.74. The first-order chi connectivity index (χ1) is 8.92. The number of methoxy groups -OCH3 is 1. The summed E-state index contributed by atoms with van der Waals surface area (Å²) in [4.78, 5) is 0. The molecule has 2 atom stereocenters. The zero-order valence-corrected chi connectivity index (χ0v) is 13.1. The minimum absolute atomic E-state index is 0.314. The van der Waals surface area contributed by atoms with Crippen LogP contribution in [0.3, 0.4) is 0 Å². The molecule has 108 valence electrons. The van der Waals surface area contributed by atoms with E-state index in [0.717, 1.165) is 19.4 Å². The van der Waals surface area contributed by atoms with Crippen LogP contribution in [-0.4, -0.2) is 19.8 Å². The fourth-order valence-corrected chi connectivity index (χ4v) is 2.29. The molecule has 0 aliphatic rings. The Labute approximate surface area is 118 Å². The predicted octanol–water partition coefficient (Wildman–Crippen LogP) is 4.18. The van der Waals surface area contributed by atoms with Crippen LogP contribution < -0.4 is 5.32 Å². The molecule has 0 radical (unpaired) electrons. The molecule has 0 fully saturated rings. The van der Waals surface area contributed by atoms with Crippen LogP contribution >= 0.6 is 0 Å². The molecule has 0 amide bonds. The number of hydrogen-bond acceptors (Lipinski definition) is 2. The molecular weight excluding hydrogens is 234 g/mol. The SMILES string of the molecule is COCCC(C)NC(CC(C)(C)C)c1ccccc1. The highest BCUT2D eigenvalue weighted by molar-refractivity contribution is 5.19. The highest BCUT2D eigenvalue weighted by atomic mass is 16.5. The zero-order valence-electron chi connectivity index (χ0n) is 13.1. The molecule has 0 aromatic heterocycles. The Kier molecular flexibility index (Phi) is 6.53. The Bertz CT molecular complexity index is 342. The highest BCUT2D eigenvalue weighted by Gasteiger charge is 2.21. The summed E-state index contributed by atoms with van der Waals surface area (Å²) in [6.07, 6.45) is 2.18. The van der Waals surface area contributed by atoms with Gasteiger partial charge in [0.05, 0.1) is 0 Å². The molecule has 1 N–H and O–H groups in total. The third-order valence-electron chi connectivity index (χ3n) is 3.26. The van der Waals surface area contributed by atoms with E-state index in [1.54, 1.807) is 7.11 Å². The smallest absolute Gasteiger partial charge is 0.0476 e. The van der Waals surface area contributed by atoms with Gasteiger partial charge in [-0.25, -0.2) is 0 Å². The lowest BCUT2D eigenvalue weighted by Gasteiger charge is -2.30. The Hall–Kier alpha value is -0.860. The average Bonchev–Trinajstić information content (AvgIpc) is 2.35. The summed E-state index contributed by atoms with van der Waals surface area (Å²) in [7, 11) is 1.76. The molecule has 2 unspecified atom stereocenters. The highest BCUT2D eigenvalue weighted by Crippen LogP contribution is 2.29. The van der Waals surface area contributed by atoms with Gasteiger partial charge < -0.3 is 10.1 Å². The first-order valence-electron chi connectivity index (χ1n) is 7.22. The van der Waals surface area contributed by atoms with E-state index in [4.69, 9.17) is 4.74 Å². The first kappa shape index (κ1) is 16.2. The zero-order chi connectivity index (χ0) is 14.3. The molecule has 0 saturated heterocycles. The van der Waals surface area contributed by atoms with E-state index in [-0.39, 0.29) is 0 Å². The number of ether oxygens (including phenoxy) is 1. The lowest BCUT2D eigenvalue weighted by molar-refractivity contribution is 0.179. The van der Waals surface area contributed by atoms with Gasteiger partial charge in [0.15, 0.2) is 0 Å². The quantitative estimate of drug-likeness (QED) is 0.797. The van der Waals surface area contributed by atoms with E-state index < -0.39 is 0 Å². The molecule has 0 heterocycles. The van der Waals surface area contributed by atoms with Gasteiger partial charge in [-0.15, -0.1) is 0 Å². The average molecular weight is 263 g/mol. The van der Waals surface area contributed by atoms with Crippen molar-refractivity contribution in [1.82, 2.24) is 5.32 Å². The van der Waals surface area contributed by atoms with Gasteiger partial charge in [0.1, 0.15) is 0 Å². The van der Waals surface area contributed by atoms with Crippen LogP contribution in [0.5, 0.6) is 0 Å². The summed E-state index contributed by atoms with van der Waals surface area (Å²) >= 11 is 0. The normalized spacial score (nSPS) is 15.2. The van der Waals surface area contributed by atoms with Crippen molar-refractivity contribution in [1.29, 1.82) is 0 Å². The Morgan fingerprint density at radius 3 is 2.32 bits per heavy atom. The standard InChI is InChI=1S/C17H29NO/c1-14(11-12-19-5)18-16(13-17(2,3)4)15-9-7-6-8-10-15/h6-10,14,16,18H,11-13H2,1-5H3. The second-order valence-electron chi connectivity index (χ2n) is 6.58. The lowest BCUT2D eigenvalue weighted by Crippen LogP contribution is -2.33. The first-order valence-corrected chi connectivity index (χ1v) is 7.22. The van der Waals surface area contributed by atoms with Crippen molar-refractivity contribution >= 4 is 0 Å². The number of rotatable bonds is 7. The van der Waals surface area contributed by atoms with Crippen LogP contribution in [-0.2, 0) is 4.74 Å². The van der Waals surface area contributed by atoms with Crippen molar-refractivity contribution in [3.8, 4) is 0 Å². The van der Waals surface area contributed by atoms with Crippen molar-refractivity contribution in [2.24, 2.45) is 5.41 Å². The lowest BCUT2D eigenvalue weighted by atomic mass is 9.85. The van der Waals surface area contributed by atoms with E-state index in [9.17, 15) is 0 Å². The van der Waals surface area contributed by atoms with Gasteiger partial charge in [0.2, 0.25) is 0 Å². The molecule has 0 aliphatic carbocycles. The summed E-state index contributed by atoms with van der Waals surface area (Å²) < 4.78 is 5.16. The summed E-state index contributed by atoms with van der Waals surface area (Å²) in [5.41, 5.74) is 1.69. The van der Waals surface area contributed by atoms with E-state index in [2.05, 4.69) is 63.3 Å². The van der Waals surface area contributed by atoms with Gasteiger partial charge in [-0.3, -0.25) is 0 Å². The minimum atomic E-state index is 0.314. The maximum absolute atomic E-state index is 5.16. The minimum Gasteiger partial charge on any atom is -0.385 e. The second kappa shape index (κ2) is 7.66. The van der Waals surface area contributed by atoms with Crippen molar-refractivity contribution in [2.45, 2.75) is 52.6 Å². The summed E-state index contributed by atoms with van der Waals surface area (Å²) in [5.74, 6) is 0. The maximum atomic E-state index is 5.16. The molecule has 1 aromatic carbocycles. The third kappa shape index (κ3) is 6.74. The Morgan fingerprint density at radius 2 is 1.79 bits per heavy atom. The van der Waals surface area contributed by atoms with Gasteiger partial charge in [0, 0.05) is 25.8 Å². The molecule has 2 nitrogen and oxygen atoms in total. The van der Waals surface area contributed by atoms with Gasteiger partial charge >= 0.3 is 0 Å². The van der Waals surface area contributed by atoms with Gasteiger partial charge in [0.25, 0.3) is 0 Å². The van der Waals surface area contributed by atoms with Crippen molar-refractivity contribution in [3.05, 3.63) is 35.9 Å². The van der Waals surface area contributed by atoms with Crippen molar-refractivity contribution in [3.63, 3.8) is 0 Å². The molecule has 1 rings (SSSR count). The molecule has 0 saturated carbocycles. The topological polar surface area (TPSA) is 21.3 Å². The van der Waals surface area contributed by atoms with E-state index >= 15 is 0 Å². The summed E-state index contributed by atoms with van der Waals surface area (Å²) in [6, 6.07) is 11.6. The van der Waals surface area contributed by atoms with E-state index in [1.807, 2.05) is 0 Å². The molecule has 0 spiro atoms. The second-order valence-corrected chi connectivity index (χ2v) is 6.58. The van der Waals surface area contributed by atoms with Crippen LogP contribution in [0.4, 0.5) is 0 Å². The third-order valence-corrected chi connectivity index (χ3v) is 3.26. The number of hydrogen-bond donors (Lipinski definition) is 1. The molecule has 0 aliphatic heterocycles. The van der Waals surface area contributed by atoms with Crippen LogP contribution in [0.1, 0.15) is 52.1 Å². The Balaban J connectivity index is 2.70.